The summed E-state index contributed by atoms with van der Waals surface area (Å²) in [7, 11) is 3.10. The first-order valence-electron chi connectivity index (χ1n) is 18.8. The first-order valence-corrected chi connectivity index (χ1v) is 18.8. The quantitative estimate of drug-likeness (QED) is 0.0490. The van der Waals surface area contributed by atoms with Crippen LogP contribution < -0.4 is 33.8 Å². The van der Waals surface area contributed by atoms with Gasteiger partial charge in [0.2, 0.25) is 5.43 Å². The van der Waals surface area contributed by atoms with Crippen molar-refractivity contribution >= 4 is 38.7 Å². The molecule has 0 aliphatic heterocycles. The van der Waals surface area contributed by atoms with Crippen LogP contribution in [-0.2, 0) is 19.8 Å². The Labute approximate surface area is 334 Å². The van der Waals surface area contributed by atoms with Gasteiger partial charge in [0.15, 0.2) is 5.58 Å². The van der Waals surface area contributed by atoms with E-state index >= 15 is 0 Å². The largest absolute Gasteiger partial charge is 0.497 e. The fourth-order valence-corrected chi connectivity index (χ4v) is 7.04. The van der Waals surface area contributed by atoms with Crippen LogP contribution in [0.1, 0.15) is 38.2 Å². The van der Waals surface area contributed by atoms with Crippen LogP contribution in [0.4, 0.5) is 0 Å². The Bertz CT molecular complexity index is 2830. The molecule has 290 valence electrons. The molecule has 0 aliphatic carbocycles. The third-order valence-electron chi connectivity index (χ3n) is 9.91. The van der Waals surface area contributed by atoms with Crippen molar-refractivity contribution in [1.29, 1.82) is 0 Å². The number of esters is 1. The zero-order valence-corrected chi connectivity index (χ0v) is 32.5. The summed E-state index contributed by atoms with van der Waals surface area (Å²) < 4.78 is 43.2. The minimum atomic E-state index is -0.730. The molecule has 0 fully saturated rings. The summed E-state index contributed by atoms with van der Waals surface area (Å²) in [4.78, 5) is 29.3. The standard InChI is InChI=1S/C49H40O9/c1-30-20-37(53-4)25-42-43(30)47(50)46-41(58-49(51)44-31(2)21-36(52-3)24-39(44)55-28-33-16-10-6-11-17-33)23-35-22-38(54-27-32-14-8-5-9-15-32)26-40(45(35)48(46)57-42)56-29-34-18-12-7-13-19-34/h5-26H,27-29H2,1-4H3. The Morgan fingerprint density at radius 2 is 1.07 bits per heavy atom. The predicted molar refractivity (Wildman–Crippen MR) is 224 cm³/mol. The zero-order valence-electron chi connectivity index (χ0n) is 32.5. The van der Waals surface area contributed by atoms with Gasteiger partial charge < -0.3 is 32.8 Å². The SMILES string of the molecule is COc1cc(C)c(C(=O)Oc2cc3cc(OCc4ccccc4)cc(OCc4ccccc4)c3c3oc4cc(OC)cc(C)c4c(=O)c23)c(OCc2ccccc2)c1. The summed E-state index contributed by atoms with van der Waals surface area (Å²) in [5, 5.41) is 1.46. The van der Waals surface area contributed by atoms with Crippen LogP contribution in [0.15, 0.2) is 143 Å². The van der Waals surface area contributed by atoms with E-state index in [1.807, 2.05) is 104 Å². The first kappa shape index (κ1) is 37.7. The van der Waals surface area contributed by atoms with Crippen LogP contribution in [0.2, 0.25) is 0 Å². The lowest BCUT2D eigenvalue weighted by atomic mass is 10.0. The minimum Gasteiger partial charge on any atom is -0.497 e. The minimum absolute atomic E-state index is 0.00295. The number of carbonyl (C=O) groups is 1. The molecule has 58 heavy (non-hydrogen) atoms. The number of hydrogen-bond acceptors (Lipinski definition) is 9. The van der Waals surface area contributed by atoms with Crippen molar-refractivity contribution in [2.45, 2.75) is 33.7 Å². The lowest BCUT2D eigenvalue weighted by molar-refractivity contribution is 0.0731. The lowest BCUT2D eigenvalue weighted by Crippen LogP contribution is -2.15. The Hall–Kier alpha value is -7.26. The van der Waals surface area contributed by atoms with Gasteiger partial charge in [0, 0.05) is 18.2 Å². The second kappa shape index (κ2) is 16.5. The molecule has 0 atom stereocenters. The molecule has 9 heteroatoms. The fraction of sp³-hybridized carbons (Fsp3) is 0.143. The summed E-state index contributed by atoms with van der Waals surface area (Å²) in [5.41, 5.74) is 4.30. The van der Waals surface area contributed by atoms with Crippen molar-refractivity contribution in [2.24, 2.45) is 0 Å². The molecule has 0 unspecified atom stereocenters. The number of fused-ring (bicyclic) bond motifs is 4. The molecule has 0 spiro atoms. The zero-order chi connectivity index (χ0) is 40.2. The third kappa shape index (κ3) is 7.75. The molecular formula is C49H40O9. The highest BCUT2D eigenvalue weighted by Gasteiger charge is 2.26. The van der Waals surface area contributed by atoms with Crippen LogP contribution in [-0.4, -0.2) is 20.2 Å². The van der Waals surface area contributed by atoms with Crippen molar-refractivity contribution in [3.8, 4) is 34.5 Å². The second-order valence-corrected chi connectivity index (χ2v) is 13.9. The van der Waals surface area contributed by atoms with E-state index in [1.54, 1.807) is 57.5 Å². The molecule has 9 nitrogen and oxygen atoms in total. The molecule has 0 radical (unpaired) electrons. The maximum absolute atomic E-state index is 14.8. The van der Waals surface area contributed by atoms with Crippen molar-refractivity contribution in [3.05, 3.63) is 177 Å². The Kier molecular flexibility index (Phi) is 10.7. The van der Waals surface area contributed by atoms with Crippen LogP contribution in [0, 0.1) is 13.8 Å². The normalized spacial score (nSPS) is 11.1. The van der Waals surface area contributed by atoms with E-state index in [4.69, 9.17) is 32.8 Å². The highest BCUT2D eigenvalue weighted by Crippen LogP contribution is 2.43. The molecule has 8 rings (SSSR count). The lowest BCUT2D eigenvalue weighted by Gasteiger charge is -2.18. The van der Waals surface area contributed by atoms with Gasteiger partial charge in [-0.3, -0.25) is 4.79 Å². The van der Waals surface area contributed by atoms with Crippen molar-refractivity contribution in [3.63, 3.8) is 0 Å². The van der Waals surface area contributed by atoms with E-state index in [1.165, 1.54) is 0 Å². The van der Waals surface area contributed by atoms with E-state index in [-0.39, 0.29) is 46.7 Å². The van der Waals surface area contributed by atoms with E-state index < -0.39 is 5.97 Å². The maximum atomic E-state index is 14.8. The molecule has 0 saturated heterocycles. The molecule has 8 aromatic rings. The molecule has 1 aromatic heterocycles. The smallest absolute Gasteiger partial charge is 0.347 e. The van der Waals surface area contributed by atoms with Crippen LogP contribution in [0.25, 0.3) is 32.7 Å². The Morgan fingerprint density at radius 3 is 1.67 bits per heavy atom. The first-order chi connectivity index (χ1) is 28.3. The summed E-state index contributed by atoms with van der Waals surface area (Å²) >= 11 is 0. The molecule has 0 aliphatic rings. The summed E-state index contributed by atoms with van der Waals surface area (Å²) in [6.45, 7) is 4.30. The van der Waals surface area contributed by atoms with Crippen LogP contribution in [0.5, 0.6) is 34.5 Å². The average molecular weight is 773 g/mol. The molecular weight excluding hydrogens is 733 g/mol. The van der Waals surface area contributed by atoms with Crippen molar-refractivity contribution in [1.82, 2.24) is 0 Å². The third-order valence-corrected chi connectivity index (χ3v) is 9.91. The number of aryl methyl sites for hydroxylation is 2. The summed E-state index contributed by atoms with van der Waals surface area (Å²) in [5.74, 6) is 1.48. The summed E-state index contributed by atoms with van der Waals surface area (Å²) in [6.07, 6.45) is 0. The van der Waals surface area contributed by atoms with Gasteiger partial charge in [-0.1, -0.05) is 91.0 Å². The molecule has 7 aromatic carbocycles. The molecule has 0 bridgehead atoms. The number of methoxy groups -OCH3 is 2. The van der Waals surface area contributed by atoms with Gasteiger partial charge in [0.05, 0.1) is 25.0 Å². The highest BCUT2D eigenvalue weighted by atomic mass is 16.5. The van der Waals surface area contributed by atoms with Crippen LogP contribution >= 0.6 is 0 Å². The Morgan fingerprint density at radius 1 is 0.534 bits per heavy atom. The number of hydrogen-bond donors (Lipinski definition) is 0. The van der Waals surface area contributed by atoms with Gasteiger partial charge in [-0.25, -0.2) is 4.79 Å². The highest BCUT2D eigenvalue weighted by molar-refractivity contribution is 6.13. The summed E-state index contributed by atoms with van der Waals surface area (Å²) in [6, 6.07) is 41.3. The molecule has 1 heterocycles. The predicted octanol–water partition coefficient (Wildman–Crippen LogP) is 10.7. The Balaban J connectivity index is 1.32. The number of ether oxygens (including phenoxy) is 6. The molecule has 0 saturated carbocycles. The topological polar surface area (TPSA) is 103 Å². The monoisotopic (exact) mass is 772 g/mol. The number of rotatable bonds is 13. The van der Waals surface area contributed by atoms with Crippen molar-refractivity contribution < 1.29 is 37.6 Å². The number of benzene rings is 7. The van der Waals surface area contributed by atoms with E-state index in [0.717, 1.165) is 16.7 Å². The van der Waals surface area contributed by atoms with Gasteiger partial charge in [-0.2, -0.15) is 0 Å². The van der Waals surface area contributed by atoms with Gasteiger partial charge in [-0.05, 0) is 71.3 Å². The maximum Gasteiger partial charge on any atom is 0.347 e. The van der Waals surface area contributed by atoms with Crippen LogP contribution in [0.3, 0.4) is 0 Å². The van der Waals surface area contributed by atoms with Gasteiger partial charge in [0.25, 0.3) is 0 Å². The van der Waals surface area contributed by atoms with E-state index in [2.05, 4.69) is 0 Å². The molecule has 0 amide bonds. The number of carbonyl (C=O) groups excluding carboxylic acids is 1. The molecule has 0 N–H and O–H groups in total. The van der Waals surface area contributed by atoms with Gasteiger partial charge >= 0.3 is 5.97 Å². The van der Waals surface area contributed by atoms with E-state index in [9.17, 15) is 9.59 Å². The van der Waals surface area contributed by atoms with Crippen molar-refractivity contribution in [2.75, 3.05) is 14.2 Å². The van der Waals surface area contributed by atoms with E-state index in [0.29, 0.717) is 62.5 Å². The fourth-order valence-electron chi connectivity index (χ4n) is 7.04. The van der Waals surface area contributed by atoms with Gasteiger partial charge in [0.1, 0.15) is 70.9 Å². The average Bonchev–Trinajstić information content (AvgIpc) is 3.24. The van der Waals surface area contributed by atoms with Gasteiger partial charge in [-0.15, -0.1) is 0 Å². The second-order valence-electron chi connectivity index (χ2n) is 13.9.